The molecule has 1 fully saturated rings. The van der Waals surface area contributed by atoms with Crippen LogP contribution in [-0.4, -0.2) is 17.0 Å². The molecule has 1 amide bonds. The standard InChI is InChI=1S/C15H19NO3/c1-10-5-4-8-12(15(18)19)14(10)16-13(17)9-11-6-2-3-7-11/h4-5,8,11H,2-3,6-7,9H2,1H3,(H,16,17)(H,18,19). The fourth-order valence-corrected chi connectivity index (χ4v) is 2.68. The average Bonchev–Trinajstić information content (AvgIpc) is 2.84. The van der Waals surface area contributed by atoms with Crippen molar-refractivity contribution in [2.24, 2.45) is 5.92 Å². The number of carbonyl (C=O) groups is 2. The van der Waals surface area contributed by atoms with E-state index in [0.29, 0.717) is 18.0 Å². The summed E-state index contributed by atoms with van der Waals surface area (Å²) in [5.41, 5.74) is 1.36. The number of carboxylic acids is 1. The van der Waals surface area contributed by atoms with Crippen molar-refractivity contribution in [1.82, 2.24) is 0 Å². The van der Waals surface area contributed by atoms with Gasteiger partial charge in [-0.15, -0.1) is 0 Å². The lowest BCUT2D eigenvalue weighted by Crippen LogP contribution is -2.18. The van der Waals surface area contributed by atoms with Gasteiger partial charge in [0.05, 0.1) is 11.3 Å². The van der Waals surface area contributed by atoms with Gasteiger partial charge in [0.25, 0.3) is 0 Å². The maximum absolute atomic E-state index is 12.0. The predicted molar refractivity (Wildman–Crippen MR) is 73.3 cm³/mol. The smallest absolute Gasteiger partial charge is 0.337 e. The zero-order chi connectivity index (χ0) is 13.8. The molecule has 0 radical (unpaired) electrons. The van der Waals surface area contributed by atoms with Crippen LogP contribution in [-0.2, 0) is 4.79 Å². The topological polar surface area (TPSA) is 66.4 Å². The highest BCUT2D eigenvalue weighted by atomic mass is 16.4. The fourth-order valence-electron chi connectivity index (χ4n) is 2.68. The van der Waals surface area contributed by atoms with Crippen LogP contribution >= 0.6 is 0 Å². The van der Waals surface area contributed by atoms with E-state index in [1.165, 1.54) is 18.9 Å². The van der Waals surface area contributed by atoms with Gasteiger partial charge < -0.3 is 10.4 Å². The van der Waals surface area contributed by atoms with Gasteiger partial charge in [-0.25, -0.2) is 4.79 Å². The Morgan fingerprint density at radius 3 is 2.63 bits per heavy atom. The van der Waals surface area contributed by atoms with E-state index < -0.39 is 5.97 Å². The first kappa shape index (κ1) is 13.6. The van der Waals surface area contributed by atoms with Gasteiger partial charge >= 0.3 is 5.97 Å². The Morgan fingerprint density at radius 1 is 1.32 bits per heavy atom. The molecule has 4 heteroatoms. The fraction of sp³-hybridized carbons (Fsp3) is 0.467. The van der Waals surface area contributed by atoms with Gasteiger partial charge in [0, 0.05) is 6.42 Å². The van der Waals surface area contributed by atoms with Crippen LogP contribution in [0.3, 0.4) is 0 Å². The molecular weight excluding hydrogens is 242 g/mol. The van der Waals surface area contributed by atoms with E-state index in [1.54, 1.807) is 19.1 Å². The Hall–Kier alpha value is -1.84. The first-order valence-electron chi connectivity index (χ1n) is 6.70. The van der Waals surface area contributed by atoms with Gasteiger partial charge in [0.1, 0.15) is 0 Å². The van der Waals surface area contributed by atoms with E-state index in [2.05, 4.69) is 5.32 Å². The third-order valence-corrected chi connectivity index (χ3v) is 3.72. The summed E-state index contributed by atoms with van der Waals surface area (Å²) in [6, 6.07) is 5.00. The summed E-state index contributed by atoms with van der Waals surface area (Å²) in [4.78, 5) is 23.1. The normalized spacial score (nSPS) is 15.4. The molecule has 0 unspecified atom stereocenters. The summed E-state index contributed by atoms with van der Waals surface area (Å²) >= 11 is 0. The summed E-state index contributed by atoms with van der Waals surface area (Å²) in [6.07, 6.45) is 5.10. The number of rotatable bonds is 4. The highest BCUT2D eigenvalue weighted by Crippen LogP contribution is 2.28. The summed E-state index contributed by atoms with van der Waals surface area (Å²) < 4.78 is 0. The molecular formula is C15H19NO3. The number of aryl methyl sites for hydroxylation is 1. The highest BCUT2D eigenvalue weighted by molar-refractivity contribution is 6.01. The number of para-hydroxylation sites is 1. The number of benzene rings is 1. The maximum atomic E-state index is 12.0. The molecule has 19 heavy (non-hydrogen) atoms. The number of nitrogens with one attached hydrogen (secondary N) is 1. The highest BCUT2D eigenvalue weighted by Gasteiger charge is 2.20. The molecule has 1 aromatic rings. The van der Waals surface area contributed by atoms with Gasteiger partial charge in [-0.05, 0) is 37.3 Å². The summed E-state index contributed by atoms with van der Waals surface area (Å²) in [6.45, 7) is 1.80. The van der Waals surface area contributed by atoms with Gasteiger partial charge in [-0.1, -0.05) is 25.0 Å². The molecule has 0 aromatic heterocycles. The van der Waals surface area contributed by atoms with Crippen molar-refractivity contribution in [2.45, 2.75) is 39.0 Å². The third kappa shape index (κ3) is 3.34. The predicted octanol–water partition coefficient (Wildman–Crippen LogP) is 3.21. The second kappa shape index (κ2) is 5.87. The molecule has 0 saturated heterocycles. The zero-order valence-corrected chi connectivity index (χ0v) is 11.1. The Balaban J connectivity index is 2.09. The van der Waals surface area contributed by atoms with Crippen molar-refractivity contribution >= 4 is 17.6 Å². The first-order chi connectivity index (χ1) is 9.08. The minimum atomic E-state index is -1.01. The molecule has 2 N–H and O–H groups in total. The van der Waals surface area contributed by atoms with Crippen molar-refractivity contribution < 1.29 is 14.7 Å². The number of carbonyl (C=O) groups excluding carboxylic acids is 1. The minimum Gasteiger partial charge on any atom is -0.478 e. The molecule has 102 valence electrons. The molecule has 4 nitrogen and oxygen atoms in total. The average molecular weight is 261 g/mol. The number of hydrogen-bond donors (Lipinski definition) is 2. The molecule has 1 saturated carbocycles. The molecule has 0 atom stereocenters. The van der Waals surface area contributed by atoms with Gasteiger partial charge in [-0.2, -0.15) is 0 Å². The molecule has 0 heterocycles. The van der Waals surface area contributed by atoms with E-state index in [9.17, 15) is 9.59 Å². The second-order valence-corrected chi connectivity index (χ2v) is 5.21. The molecule has 2 rings (SSSR count). The molecule has 1 aliphatic carbocycles. The largest absolute Gasteiger partial charge is 0.478 e. The van der Waals surface area contributed by atoms with Crippen LogP contribution < -0.4 is 5.32 Å². The number of hydrogen-bond acceptors (Lipinski definition) is 2. The molecule has 0 aliphatic heterocycles. The Morgan fingerprint density at radius 2 is 2.00 bits per heavy atom. The van der Waals surface area contributed by atoms with Crippen LogP contribution in [0.2, 0.25) is 0 Å². The molecule has 1 aromatic carbocycles. The lowest BCUT2D eigenvalue weighted by atomic mass is 10.0. The van der Waals surface area contributed by atoms with E-state index >= 15 is 0 Å². The molecule has 1 aliphatic rings. The van der Waals surface area contributed by atoms with E-state index in [-0.39, 0.29) is 11.5 Å². The van der Waals surface area contributed by atoms with Crippen molar-refractivity contribution in [2.75, 3.05) is 5.32 Å². The summed E-state index contributed by atoms with van der Waals surface area (Å²) in [5.74, 6) is -0.638. The van der Waals surface area contributed by atoms with Crippen LogP contribution in [0.4, 0.5) is 5.69 Å². The summed E-state index contributed by atoms with van der Waals surface area (Å²) in [5, 5.41) is 11.9. The zero-order valence-electron chi connectivity index (χ0n) is 11.1. The van der Waals surface area contributed by atoms with Crippen molar-refractivity contribution in [3.05, 3.63) is 29.3 Å². The Bertz CT molecular complexity index is 490. The molecule has 0 spiro atoms. The van der Waals surface area contributed by atoms with E-state index in [4.69, 9.17) is 5.11 Å². The number of carboxylic acid groups (broad SMARTS) is 1. The van der Waals surface area contributed by atoms with Gasteiger partial charge in [0.2, 0.25) is 5.91 Å². The van der Waals surface area contributed by atoms with Crippen molar-refractivity contribution in [3.8, 4) is 0 Å². The summed E-state index contributed by atoms with van der Waals surface area (Å²) in [7, 11) is 0. The minimum absolute atomic E-state index is 0.0799. The first-order valence-corrected chi connectivity index (χ1v) is 6.70. The number of amides is 1. The monoisotopic (exact) mass is 261 g/mol. The Kier molecular flexibility index (Phi) is 4.20. The molecule has 0 bridgehead atoms. The van der Waals surface area contributed by atoms with Gasteiger partial charge in [-0.3, -0.25) is 4.79 Å². The lowest BCUT2D eigenvalue weighted by Gasteiger charge is -2.13. The van der Waals surface area contributed by atoms with Crippen LogP contribution in [0.1, 0.15) is 48.0 Å². The lowest BCUT2D eigenvalue weighted by molar-refractivity contribution is -0.117. The number of aromatic carboxylic acids is 1. The van der Waals surface area contributed by atoms with E-state index in [1.807, 2.05) is 0 Å². The quantitative estimate of drug-likeness (QED) is 0.874. The van der Waals surface area contributed by atoms with Gasteiger partial charge in [0.15, 0.2) is 0 Å². The van der Waals surface area contributed by atoms with Crippen molar-refractivity contribution in [3.63, 3.8) is 0 Å². The second-order valence-electron chi connectivity index (χ2n) is 5.21. The van der Waals surface area contributed by atoms with Crippen LogP contribution in [0, 0.1) is 12.8 Å². The van der Waals surface area contributed by atoms with Crippen LogP contribution in [0.15, 0.2) is 18.2 Å². The van der Waals surface area contributed by atoms with Crippen LogP contribution in [0.5, 0.6) is 0 Å². The third-order valence-electron chi connectivity index (χ3n) is 3.72. The maximum Gasteiger partial charge on any atom is 0.337 e. The van der Waals surface area contributed by atoms with Crippen LogP contribution in [0.25, 0.3) is 0 Å². The Labute approximate surface area is 112 Å². The SMILES string of the molecule is Cc1cccc(C(=O)O)c1NC(=O)CC1CCCC1. The van der Waals surface area contributed by atoms with Crippen molar-refractivity contribution in [1.29, 1.82) is 0 Å². The van der Waals surface area contributed by atoms with E-state index in [0.717, 1.165) is 18.4 Å². The number of anilines is 1.